The van der Waals surface area contributed by atoms with E-state index in [-0.39, 0.29) is 5.91 Å². The second kappa shape index (κ2) is 7.22. The van der Waals surface area contributed by atoms with Gasteiger partial charge in [-0.25, -0.2) is 4.79 Å². The molecule has 1 fully saturated rings. The summed E-state index contributed by atoms with van der Waals surface area (Å²) < 4.78 is 0. The summed E-state index contributed by atoms with van der Waals surface area (Å²) in [5.41, 5.74) is 7.00. The van der Waals surface area contributed by atoms with Gasteiger partial charge in [0, 0.05) is 6.54 Å². The van der Waals surface area contributed by atoms with Crippen molar-refractivity contribution in [3.63, 3.8) is 0 Å². The highest BCUT2D eigenvalue weighted by molar-refractivity contribution is 5.87. The minimum atomic E-state index is -0.933. The number of nitrogens with two attached hydrogens (primary N) is 1. The fourth-order valence-corrected chi connectivity index (χ4v) is 2.80. The Hall–Kier alpha value is -1.88. The minimum Gasteiger partial charge on any atom is -0.480 e. The molecule has 1 aliphatic rings. The number of carboxylic acid groups (broad SMARTS) is 1. The average molecular weight is 290 g/mol. The van der Waals surface area contributed by atoms with E-state index in [4.69, 9.17) is 5.73 Å². The third kappa shape index (κ3) is 4.04. The van der Waals surface area contributed by atoms with Gasteiger partial charge in [0.1, 0.15) is 6.04 Å². The van der Waals surface area contributed by atoms with Crippen molar-refractivity contribution in [1.29, 1.82) is 0 Å². The van der Waals surface area contributed by atoms with Crippen LogP contribution in [0.3, 0.4) is 0 Å². The molecule has 1 aromatic carbocycles. The fourth-order valence-electron chi connectivity index (χ4n) is 2.80. The summed E-state index contributed by atoms with van der Waals surface area (Å²) in [4.78, 5) is 25.3. The van der Waals surface area contributed by atoms with E-state index in [0.717, 1.165) is 24.8 Å². The number of nitrogens with zero attached hydrogens (tertiary/aromatic N) is 1. The Morgan fingerprint density at radius 1 is 1.24 bits per heavy atom. The third-order valence-corrected chi connectivity index (χ3v) is 3.94. The van der Waals surface area contributed by atoms with E-state index in [1.165, 1.54) is 4.90 Å². The Morgan fingerprint density at radius 2 is 1.95 bits per heavy atom. The van der Waals surface area contributed by atoms with Crippen molar-refractivity contribution in [2.75, 3.05) is 6.54 Å². The Kier molecular flexibility index (Phi) is 5.33. The molecule has 1 heterocycles. The van der Waals surface area contributed by atoms with Gasteiger partial charge in [-0.05, 0) is 24.8 Å². The average Bonchev–Trinajstić information content (AvgIpc) is 2.73. The maximum Gasteiger partial charge on any atom is 0.326 e. The zero-order valence-corrected chi connectivity index (χ0v) is 12.1. The summed E-state index contributed by atoms with van der Waals surface area (Å²) in [5, 5.41) is 9.32. The van der Waals surface area contributed by atoms with Crippen molar-refractivity contribution in [2.45, 2.75) is 44.2 Å². The first kappa shape index (κ1) is 15.5. The SMILES string of the molecule is N[C@H](Cc1ccccc1)C(=O)N1CCCCCC1C(=O)O. The molecule has 1 unspecified atom stereocenters. The van der Waals surface area contributed by atoms with E-state index in [0.29, 0.717) is 19.4 Å². The van der Waals surface area contributed by atoms with Gasteiger partial charge in [-0.2, -0.15) is 0 Å². The molecular weight excluding hydrogens is 268 g/mol. The summed E-state index contributed by atoms with van der Waals surface area (Å²) in [6.45, 7) is 0.484. The summed E-state index contributed by atoms with van der Waals surface area (Å²) in [5.74, 6) is -1.19. The second-order valence-corrected chi connectivity index (χ2v) is 5.53. The number of carbonyl (C=O) groups excluding carboxylic acids is 1. The van der Waals surface area contributed by atoms with Gasteiger partial charge in [0.25, 0.3) is 0 Å². The van der Waals surface area contributed by atoms with Crippen LogP contribution in [0.4, 0.5) is 0 Å². The molecule has 2 rings (SSSR count). The highest BCUT2D eigenvalue weighted by Gasteiger charge is 2.33. The lowest BCUT2D eigenvalue weighted by Gasteiger charge is -2.29. The number of benzene rings is 1. The van der Waals surface area contributed by atoms with Crippen molar-refractivity contribution < 1.29 is 14.7 Å². The Bertz CT molecular complexity index is 490. The highest BCUT2D eigenvalue weighted by Crippen LogP contribution is 2.18. The predicted octanol–water partition coefficient (Wildman–Crippen LogP) is 1.41. The van der Waals surface area contributed by atoms with Crippen molar-refractivity contribution >= 4 is 11.9 Å². The molecule has 1 saturated heterocycles. The molecule has 0 spiro atoms. The van der Waals surface area contributed by atoms with Gasteiger partial charge < -0.3 is 15.7 Å². The number of rotatable bonds is 4. The van der Waals surface area contributed by atoms with Crippen LogP contribution in [0.15, 0.2) is 30.3 Å². The number of likely N-dealkylation sites (tertiary alicyclic amines) is 1. The normalized spacial score (nSPS) is 20.6. The maximum absolute atomic E-state index is 12.5. The first-order chi connectivity index (χ1) is 10.1. The molecule has 114 valence electrons. The lowest BCUT2D eigenvalue weighted by atomic mass is 10.0. The van der Waals surface area contributed by atoms with Crippen LogP contribution in [0.2, 0.25) is 0 Å². The number of amides is 1. The van der Waals surface area contributed by atoms with Gasteiger partial charge in [0.2, 0.25) is 5.91 Å². The number of carbonyl (C=O) groups is 2. The summed E-state index contributed by atoms with van der Waals surface area (Å²) in [6, 6.07) is 8.13. The minimum absolute atomic E-state index is 0.256. The molecule has 2 atom stereocenters. The van der Waals surface area contributed by atoms with E-state index < -0.39 is 18.1 Å². The van der Waals surface area contributed by atoms with Gasteiger partial charge in [0.05, 0.1) is 6.04 Å². The predicted molar refractivity (Wildman–Crippen MR) is 79.7 cm³/mol. The molecule has 3 N–H and O–H groups in total. The molecule has 0 aromatic heterocycles. The topological polar surface area (TPSA) is 83.6 Å². The summed E-state index contributed by atoms with van der Waals surface area (Å²) in [7, 11) is 0. The molecule has 1 aliphatic heterocycles. The second-order valence-electron chi connectivity index (χ2n) is 5.53. The molecule has 5 nitrogen and oxygen atoms in total. The van der Waals surface area contributed by atoms with Gasteiger partial charge in [-0.15, -0.1) is 0 Å². The molecule has 0 saturated carbocycles. The van der Waals surface area contributed by atoms with Crippen LogP contribution < -0.4 is 5.73 Å². The van der Waals surface area contributed by atoms with Crippen LogP contribution in [0.25, 0.3) is 0 Å². The smallest absolute Gasteiger partial charge is 0.326 e. The quantitative estimate of drug-likeness (QED) is 0.878. The number of aliphatic carboxylic acids is 1. The van der Waals surface area contributed by atoms with E-state index >= 15 is 0 Å². The largest absolute Gasteiger partial charge is 0.480 e. The van der Waals surface area contributed by atoms with Crippen molar-refractivity contribution in [3.8, 4) is 0 Å². The number of carboxylic acids is 1. The van der Waals surface area contributed by atoms with Gasteiger partial charge in [0.15, 0.2) is 0 Å². The van der Waals surface area contributed by atoms with Crippen LogP contribution in [0.1, 0.15) is 31.2 Å². The first-order valence-electron chi connectivity index (χ1n) is 7.42. The lowest BCUT2D eigenvalue weighted by molar-refractivity contribution is -0.150. The van der Waals surface area contributed by atoms with Crippen molar-refractivity contribution in [2.24, 2.45) is 5.73 Å². The third-order valence-electron chi connectivity index (χ3n) is 3.94. The highest BCUT2D eigenvalue weighted by atomic mass is 16.4. The van der Waals surface area contributed by atoms with Gasteiger partial charge >= 0.3 is 5.97 Å². The van der Waals surface area contributed by atoms with Crippen LogP contribution in [0.5, 0.6) is 0 Å². The van der Waals surface area contributed by atoms with Crippen LogP contribution >= 0.6 is 0 Å². The molecular formula is C16H22N2O3. The first-order valence-corrected chi connectivity index (χ1v) is 7.42. The van der Waals surface area contributed by atoms with Crippen molar-refractivity contribution in [3.05, 3.63) is 35.9 Å². The fraction of sp³-hybridized carbons (Fsp3) is 0.500. The molecule has 5 heteroatoms. The Balaban J connectivity index is 2.06. The molecule has 0 bridgehead atoms. The van der Waals surface area contributed by atoms with Crippen LogP contribution in [0, 0.1) is 0 Å². The zero-order valence-electron chi connectivity index (χ0n) is 12.1. The van der Waals surface area contributed by atoms with Crippen LogP contribution in [-0.4, -0.2) is 40.5 Å². The molecule has 0 radical (unpaired) electrons. The summed E-state index contributed by atoms with van der Waals surface area (Å²) in [6.07, 6.45) is 3.59. The Morgan fingerprint density at radius 3 is 2.62 bits per heavy atom. The van der Waals surface area contributed by atoms with Crippen molar-refractivity contribution in [1.82, 2.24) is 4.90 Å². The van der Waals surface area contributed by atoms with E-state index in [1.54, 1.807) is 0 Å². The van der Waals surface area contributed by atoms with E-state index in [9.17, 15) is 14.7 Å². The summed E-state index contributed by atoms with van der Waals surface area (Å²) >= 11 is 0. The standard InChI is InChI=1S/C16H22N2O3/c17-13(11-12-7-3-1-4-8-12)15(19)18-10-6-2-5-9-14(18)16(20)21/h1,3-4,7-8,13-14H,2,5-6,9-11,17H2,(H,20,21)/t13-,14?/m1/s1. The van der Waals surface area contributed by atoms with Gasteiger partial charge in [-0.3, -0.25) is 4.79 Å². The monoisotopic (exact) mass is 290 g/mol. The molecule has 1 aromatic rings. The molecule has 0 aliphatic carbocycles. The maximum atomic E-state index is 12.5. The molecule has 1 amide bonds. The number of hydrogen-bond acceptors (Lipinski definition) is 3. The van der Waals surface area contributed by atoms with E-state index in [2.05, 4.69) is 0 Å². The lowest BCUT2D eigenvalue weighted by Crippen LogP contribution is -2.51. The number of hydrogen-bond donors (Lipinski definition) is 2. The molecule has 21 heavy (non-hydrogen) atoms. The Labute approximate surface area is 124 Å². The zero-order chi connectivity index (χ0) is 15.2. The van der Waals surface area contributed by atoms with Gasteiger partial charge in [-0.1, -0.05) is 43.2 Å². The van der Waals surface area contributed by atoms with Crippen LogP contribution in [-0.2, 0) is 16.0 Å². The van der Waals surface area contributed by atoms with E-state index in [1.807, 2.05) is 30.3 Å².